The molecule has 0 fully saturated rings. The molecule has 0 atom stereocenters. The van der Waals surface area contributed by atoms with Gasteiger partial charge < -0.3 is 0 Å². The van der Waals surface area contributed by atoms with Crippen molar-refractivity contribution in [3.8, 4) is 0 Å². The zero-order valence-corrected chi connectivity index (χ0v) is 10.2. The quantitative estimate of drug-likeness (QED) is 0.545. The van der Waals surface area contributed by atoms with Crippen LogP contribution in [-0.4, -0.2) is 0 Å². The van der Waals surface area contributed by atoms with E-state index in [1.807, 2.05) is 6.07 Å². The molecule has 0 bridgehead atoms. The third kappa shape index (κ3) is 2.29. The fourth-order valence-corrected chi connectivity index (χ4v) is 2.62. The number of hydrogen-bond acceptors (Lipinski definition) is 1. The first-order valence-corrected chi connectivity index (χ1v) is 6.50. The van der Waals surface area contributed by atoms with Crippen molar-refractivity contribution < 1.29 is 0 Å². The van der Waals surface area contributed by atoms with Crippen LogP contribution in [0.5, 0.6) is 0 Å². The first-order chi connectivity index (χ1) is 8.42. The summed E-state index contributed by atoms with van der Waals surface area (Å²) in [6.45, 7) is 0. The van der Waals surface area contributed by atoms with Gasteiger partial charge in [0, 0.05) is 4.70 Å². The number of rotatable bonds is 2. The minimum Gasteiger partial charge on any atom is -0.144 e. The Morgan fingerprint density at radius 1 is 0.765 bits per heavy atom. The Morgan fingerprint density at radius 3 is 2.47 bits per heavy atom. The van der Waals surface area contributed by atoms with E-state index in [-0.39, 0.29) is 0 Å². The van der Waals surface area contributed by atoms with Gasteiger partial charge in [-0.15, -0.1) is 11.3 Å². The molecule has 0 unspecified atom stereocenters. The van der Waals surface area contributed by atoms with E-state index in [9.17, 15) is 0 Å². The van der Waals surface area contributed by atoms with Crippen molar-refractivity contribution in [1.29, 1.82) is 0 Å². The van der Waals surface area contributed by atoms with Crippen molar-refractivity contribution in [2.75, 3.05) is 0 Å². The van der Waals surface area contributed by atoms with Gasteiger partial charge in [-0.25, -0.2) is 0 Å². The monoisotopic (exact) mass is 236 g/mol. The van der Waals surface area contributed by atoms with Gasteiger partial charge in [0.05, 0.1) is 0 Å². The summed E-state index contributed by atoms with van der Waals surface area (Å²) in [5, 5.41) is 3.46. The van der Waals surface area contributed by atoms with E-state index in [0.717, 1.165) is 0 Å². The molecule has 2 aromatic carbocycles. The summed E-state index contributed by atoms with van der Waals surface area (Å²) in [6, 6.07) is 19.1. The summed E-state index contributed by atoms with van der Waals surface area (Å²) < 4.78 is 1.35. The van der Waals surface area contributed by atoms with Crippen LogP contribution in [-0.2, 0) is 0 Å². The van der Waals surface area contributed by atoms with E-state index in [4.69, 9.17) is 0 Å². The SMILES string of the molecule is C(=Cc1ccc2sccc2c1)c1ccccc1. The summed E-state index contributed by atoms with van der Waals surface area (Å²) in [7, 11) is 0. The summed E-state index contributed by atoms with van der Waals surface area (Å²) in [5.41, 5.74) is 2.48. The number of hydrogen-bond donors (Lipinski definition) is 0. The molecule has 3 aromatic rings. The predicted molar refractivity (Wildman–Crippen MR) is 77.2 cm³/mol. The van der Waals surface area contributed by atoms with Gasteiger partial charge >= 0.3 is 0 Å². The Labute approximate surface area is 105 Å². The van der Waals surface area contributed by atoms with Gasteiger partial charge in [0.15, 0.2) is 0 Å². The Hall–Kier alpha value is -1.86. The summed E-state index contributed by atoms with van der Waals surface area (Å²) in [5.74, 6) is 0. The second-order valence-corrected chi connectivity index (χ2v) is 4.91. The maximum absolute atomic E-state index is 2.23. The molecular formula is C16H12S. The predicted octanol–water partition coefficient (Wildman–Crippen LogP) is 5.07. The molecule has 1 heterocycles. The van der Waals surface area contributed by atoms with Gasteiger partial charge in [-0.1, -0.05) is 48.6 Å². The van der Waals surface area contributed by atoms with Crippen LogP contribution < -0.4 is 0 Å². The van der Waals surface area contributed by atoms with Crippen molar-refractivity contribution in [3.05, 3.63) is 71.1 Å². The Bertz CT molecular complexity index is 647. The van der Waals surface area contributed by atoms with Crippen LogP contribution in [0.15, 0.2) is 60.0 Å². The summed E-state index contributed by atoms with van der Waals surface area (Å²) in [4.78, 5) is 0. The molecule has 0 aliphatic heterocycles. The first-order valence-electron chi connectivity index (χ1n) is 5.62. The lowest BCUT2D eigenvalue weighted by Crippen LogP contribution is -1.72. The van der Waals surface area contributed by atoms with Crippen molar-refractivity contribution in [2.45, 2.75) is 0 Å². The molecule has 0 N–H and O–H groups in total. The molecule has 0 saturated carbocycles. The van der Waals surface area contributed by atoms with Crippen molar-refractivity contribution in [1.82, 2.24) is 0 Å². The van der Waals surface area contributed by atoms with Crippen molar-refractivity contribution in [2.24, 2.45) is 0 Å². The Morgan fingerprint density at radius 2 is 1.59 bits per heavy atom. The molecule has 0 radical (unpaired) electrons. The Kier molecular flexibility index (Phi) is 2.76. The van der Waals surface area contributed by atoms with Gasteiger partial charge in [-0.3, -0.25) is 0 Å². The van der Waals surface area contributed by atoms with E-state index >= 15 is 0 Å². The van der Waals surface area contributed by atoms with Crippen LogP contribution in [0.1, 0.15) is 11.1 Å². The van der Waals surface area contributed by atoms with Crippen LogP contribution in [0.4, 0.5) is 0 Å². The van der Waals surface area contributed by atoms with E-state index in [1.165, 1.54) is 21.2 Å². The molecule has 0 nitrogen and oxygen atoms in total. The standard InChI is InChI=1S/C16H12S/c1-2-4-13(5-3-1)6-7-14-8-9-16-15(12-14)10-11-17-16/h1-12H. The van der Waals surface area contributed by atoms with Crippen LogP contribution in [0, 0.1) is 0 Å². The third-order valence-corrected chi connectivity index (χ3v) is 3.64. The minimum atomic E-state index is 1.23. The number of thiophene rings is 1. The minimum absolute atomic E-state index is 1.23. The normalized spacial score (nSPS) is 11.3. The maximum atomic E-state index is 2.23. The van der Waals surface area contributed by atoms with E-state index < -0.39 is 0 Å². The molecule has 82 valence electrons. The zero-order chi connectivity index (χ0) is 11.5. The van der Waals surface area contributed by atoms with Crippen LogP contribution in [0.2, 0.25) is 0 Å². The Balaban J connectivity index is 1.92. The number of fused-ring (bicyclic) bond motifs is 1. The van der Waals surface area contributed by atoms with Crippen molar-refractivity contribution >= 4 is 33.6 Å². The highest BCUT2D eigenvalue weighted by molar-refractivity contribution is 7.17. The zero-order valence-electron chi connectivity index (χ0n) is 9.34. The topological polar surface area (TPSA) is 0 Å². The lowest BCUT2D eigenvalue weighted by molar-refractivity contribution is 1.66. The molecule has 0 saturated heterocycles. The molecule has 17 heavy (non-hydrogen) atoms. The number of benzene rings is 2. The van der Waals surface area contributed by atoms with Gasteiger partial charge in [0.1, 0.15) is 0 Å². The van der Waals surface area contributed by atoms with Crippen LogP contribution in [0.3, 0.4) is 0 Å². The third-order valence-electron chi connectivity index (χ3n) is 2.74. The van der Waals surface area contributed by atoms with Gasteiger partial charge in [-0.05, 0) is 40.1 Å². The lowest BCUT2D eigenvalue weighted by Gasteiger charge is -1.95. The van der Waals surface area contributed by atoms with Gasteiger partial charge in [0.2, 0.25) is 0 Å². The highest BCUT2D eigenvalue weighted by Crippen LogP contribution is 2.22. The van der Waals surface area contributed by atoms with Gasteiger partial charge in [0.25, 0.3) is 0 Å². The molecular weight excluding hydrogens is 224 g/mol. The molecule has 0 aliphatic carbocycles. The second-order valence-electron chi connectivity index (χ2n) is 3.96. The largest absolute Gasteiger partial charge is 0.144 e. The average Bonchev–Trinajstić information content (AvgIpc) is 2.85. The fraction of sp³-hybridized carbons (Fsp3) is 0. The molecule has 0 spiro atoms. The molecule has 0 amide bonds. The average molecular weight is 236 g/mol. The highest BCUT2D eigenvalue weighted by Gasteiger charge is 1.94. The molecule has 0 aliphatic rings. The van der Waals surface area contributed by atoms with E-state index in [0.29, 0.717) is 0 Å². The van der Waals surface area contributed by atoms with Crippen LogP contribution >= 0.6 is 11.3 Å². The van der Waals surface area contributed by atoms with Crippen molar-refractivity contribution in [3.63, 3.8) is 0 Å². The maximum Gasteiger partial charge on any atom is 0.0343 e. The smallest absolute Gasteiger partial charge is 0.0343 e. The van der Waals surface area contributed by atoms with E-state index in [2.05, 4.69) is 66.1 Å². The first kappa shape index (κ1) is 10.3. The molecule has 1 heteroatoms. The van der Waals surface area contributed by atoms with Gasteiger partial charge in [-0.2, -0.15) is 0 Å². The lowest BCUT2D eigenvalue weighted by atomic mass is 10.1. The summed E-state index contributed by atoms with van der Waals surface area (Å²) >= 11 is 1.79. The molecule has 3 rings (SSSR count). The molecule has 1 aromatic heterocycles. The second kappa shape index (κ2) is 4.56. The fourth-order valence-electron chi connectivity index (χ4n) is 1.85. The highest BCUT2D eigenvalue weighted by atomic mass is 32.1. The van der Waals surface area contributed by atoms with Crippen LogP contribution in [0.25, 0.3) is 22.2 Å². The summed E-state index contributed by atoms with van der Waals surface area (Å²) in [6.07, 6.45) is 4.31. The van der Waals surface area contributed by atoms with E-state index in [1.54, 1.807) is 11.3 Å².